The van der Waals surface area contributed by atoms with Gasteiger partial charge in [0.05, 0.1) is 36.7 Å². The van der Waals surface area contributed by atoms with Crippen LogP contribution in [0, 0.1) is 17.5 Å². The molecule has 1 aliphatic rings. The number of sulfone groups is 1. The van der Waals surface area contributed by atoms with Crippen LogP contribution >= 0.6 is 0 Å². The predicted molar refractivity (Wildman–Crippen MR) is 94.6 cm³/mol. The van der Waals surface area contributed by atoms with E-state index in [1.165, 1.54) is 11.1 Å². The molecular weight excluding hydrogens is 395 g/mol. The summed E-state index contributed by atoms with van der Waals surface area (Å²) in [7, 11) is -3.58. The first-order chi connectivity index (χ1) is 13.0. The minimum absolute atomic E-state index is 0.00251. The number of fused-ring (bicyclic) bond motifs is 1. The summed E-state index contributed by atoms with van der Waals surface area (Å²) in [5, 5.41) is 3.48. The molecule has 0 radical (unpaired) electrons. The fourth-order valence-electron chi connectivity index (χ4n) is 3.19. The summed E-state index contributed by atoms with van der Waals surface area (Å²) in [6, 6.07) is 1.26. The van der Waals surface area contributed by atoms with Crippen molar-refractivity contribution in [2.45, 2.75) is 56.5 Å². The van der Waals surface area contributed by atoms with Gasteiger partial charge in [-0.25, -0.2) is 21.6 Å². The zero-order valence-electron chi connectivity index (χ0n) is 15.6. The molecule has 1 aliphatic heterocycles. The Balaban J connectivity index is 1.87. The Labute approximate surface area is 160 Å². The van der Waals surface area contributed by atoms with E-state index in [2.05, 4.69) is 5.10 Å². The minimum Gasteiger partial charge on any atom is -0.332 e. The van der Waals surface area contributed by atoms with Gasteiger partial charge in [-0.15, -0.1) is 0 Å². The van der Waals surface area contributed by atoms with Gasteiger partial charge in [0, 0.05) is 6.04 Å². The molecule has 6 nitrogen and oxygen atoms in total. The van der Waals surface area contributed by atoms with E-state index in [9.17, 15) is 26.4 Å². The number of rotatable bonds is 4. The van der Waals surface area contributed by atoms with Crippen molar-refractivity contribution in [3.8, 4) is 0 Å². The average molecular weight is 415 g/mol. The zero-order valence-corrected chi connectivity index (χ0v) is 16.4. The van der Waals surface area contributed by atoms with Crippen LogP contribution in [-0.4, -0.2) is 40.3 Å². The highest BCUT2D eigenvalue weighted by molar-refractivity contribution is 7.92. The highest BCUT2D eigenvalue weighted by atomic mass is 32.2. The van der Waals surface area contributed by atoms with E-state index in [-0.39, 0.29) is 29.5 Å². The average Bonchev–Trinajstić information content (AvgIpc) is 3.01. The van der Waals surface area contributed by atoms with E-state index in [0.29, 0.717) is 12.2 Å². The molecule has 0 aliphatic carbocycles. The molecule has 152 valence electrons. The molecule has 0 saturated heterocycles. The first-order valence-corrected chi connectivity index (χ1v) is 10.3. The second-order valence-electron chi connectivity index (χ2n) is 7.15. The number of amides is 1. The third kappa shape index (κ3) is 3.52. The first kappa shape index (κ1) is 20.4. The molecule has 10 heteroatoms. The van der Waals surface area contributed by atoms with Crippen LogP contribution in [0.4, 0.5) is 13.2 Å². The van der Waals surface area contributed by atoms with Gasteiger partial charge in [-0.1, -0.05) is 0 Å². The number of nitrogens with zero attached hydrogens (tertiary/aromatic N) is 3. The monoisotopic (exact) mass is 415 g/mol. The van der Waals surface area contributed by atoms with Gasteiger partial charge in [-0.3, -0.25) is 9.48 Å². The number of hydrogen-bond acceptors (Lipinski definition) is 4. The van der Waals surface area contributed by atoms with Crippen molar-refractivity contribution in [1.29, 1.82) is 0 Å². The fourth-order valence-corrected chi connectivity index (χ4v) is 4.39. The topological polar surface area (TPSA) is 72.3 Å². The SMILES string of the molecule is CC(C)S(=O)(=O)c1cnn2c1CN(C(=O)Cc1cc(F)c(F)c(F)c1)[C@@H](C)C2. The lowest BCUT2D eigenvalue weighted by Crippen LogP contribution is -2.46. The lowest BCUT2D eigenvalue weighted by Gasteiger charge is -2.34. The molecule has 0 spiro atoms. The summed E-state index contributed by atoms with van der Waals surface area (Å²) < 4.78 is 66.6. The van der Waals surface area contributed by atoms with Crippen LogP contribution in [0.3, 0.4) is 0 Å². The van der Waals surface area contributed by atoms with Gasteiger partial charge in [-0.2, -0.15) is 5.10 Å². The van der Waals surface area contributed by atoms with Crippen molar-refractivity contribution < 1.29 is 26.4 Å². The molecule has 0 N–H and O–H groups in total. The maximum Gasteiger partial charge on any atom is 0.227 e. The molecule has 2 heterocycles. The summed E-state index contributed by atoms with van der Waals surface area (Å²) in [6.45, 7) is 5.19. The molecule has 1 amide bonds. The molecule has 1 aromatic heterocycles. The van der Waals surface area contributed by atoms with Crippen LogP contribution in [0.5, 0.6) is 0 Å². The number of hydrogen-bond donors (Lipinski definition) is 0. The van der Waals surface area contributed by atoms with Gasteiger partial charge in [-0.05, 0) is 38.5 Å². The molecular formula is C18H20F3N3O3S. The Morgan fingerprint density at radius 1 is 1.25 bits per heavy atom. The van der Waals surface area contributed by atoms with Crippen molar-refractivity contribution >= 4 is 15.7 Å². The second-order valence-corrected chi connectivity index (χ2v) is 9.62. The van der Waals surface area contributed by atoms with Gasteiger partial charge >= 0.3 is 0 Å². The summed E-state index contributed by atoms with van der Waals surface area (Å²) in [4.78, 5) is 14.2. The summed E-state index contributed by atoms with van der Waals surface area (Å²) in [6.07, 6.45) is 0.953. The highest BCUT2D eigenvalue weighted by Gasteiger charge is 2.34. The molecule has 3 rings (SSSR count). The van der Waals surface area contributed by atoms with Crippen molar-refractivity contribution in [3.63, 3.8) is 0 Å². The van der Waals surface area contributed by atoms with E-state index in [1.54, 1.807) is 25.5 Å². The standard InChI is InChI=1S/C18H20F3N3O3S/c1-10(2)28(26,27)16-7-22-24-8-11(3)23(9-15(16)24)17(25)6-12-4-13(19)18(21)14(20)5-12/h4-5,7,10-11H,6,8-9H2,1-3H3/t11-/m0/s1. The molecule has 0 fully saturated rings. The predicted octanol–water partition coefficient (Wildman–Crippen LogP) is 2.46. The number of aromatic nitrogens is 2. The van der Waals surface area contributed by atoms with E-state index >= 15 is 0 Å². The van der Waals surface area contributed by atoms with Crippen LogP contribution in [0.1, 0.15) is 32.0 Å². The molecule has 1 aromatic carbocycles. The van der Waals surface area contributed by atoms with Gasteiger partial charge in [0.25, 0.3) is 0 Å². The normalized spacial score (nSPS) is 17.1. The van der Waals surface area contributed by atoms with Crippen LogP contribution in [0.2, 0.25) is 0 Å². The van der Waals surface area contributed by atoms with Gasteiger partial charge in [0.15, 0.2) is 27.3 Å². The smallest absolute Gasteiger partial charge is 0.227 e. The van der Waals surface area contributed by atoms with Crippen LogP contribution in [-0.2, 0) is 34.1 Å². The lowest BCUT2D eigenvalue weighted by atomic mass is 10.1. The Morgan fingerprint density at radius 2 is 1.86 bits per heavy atom. The Bertz CT molecular complexity index is 1010. The summed E-state index contributed by atoms with van der Waals surface area (Å²) >= 11 is 0. The maximum atomic E-state index is 13.4. The Hall–Kier alpha value is -2.36. The van der Waals surface area contributed by atoms with Crippen LogP contribution in [0.25, 0.3) is 0 Å². The van der Waals surface area contributed by atoms with E-state index in [0.717, 1.165) is 12.1 Å². The quantitative estimate of drug-likeness (QED) is 0.720. The lowest BCUT2D eigenvalue weighted by molar-refractivity contribution is -0.134. The molecule has 28 heavy (non-hydrogen) atoms. The van der Waals surface area contributed by atoms with Crippen molar-refractivity contribution in [1.82, 2.24) is 14.7 Å². The van der Waals surface area contributed by atoms with Crippen LogP contribution < -0.4 is 0 Å². The Morgan fingerprint density at radius 3 is 2.43 bits per heavy atom. The zero-order chi connectivity index (χ0) is 20.8. The number of benzene rings is 1. The van der Waals surface area contributed by atoms with E-state index in [1.807, 2.05) is 0 Å². The van der Waals surface area contributed by atoms with Crippen molar-refractivity contribution in [2.75, 3.05) is 0 Å². The van der Waals surface area contributed by atoms with Crippen molar-refractivity contribution in [3.05, 3.63) is 47.0 Å². The van der Waals surface area contributed by atoms with Gasteiger partial charge in [0.2, 0.25) is 5.91 Å². The van der Waals surface area contributed by atoms with Crippen LogP contribution in [0.15, 0.2) is 23.2 Å². The highest BCUT2D eigenvalue weighted by Crippen LogP contribution is 2.27. The van der Waals surface area contributed by atoms with E-state index < -0.39 is 38.4 Å². The maximum absolute atomic E-state index is 13.4. The molecule has 0 bridgehead atoms. The summed E-state index contributed by atoms with van der Waals surface area (Å²) in [5.74, 6) is -4.76. The Kier molecular flexibility index (Phi) is 5.26. The van der Waals surface area contributed by atoms with Gasteiger partial charge in [0.1, 0.15) is 4.90 Å². The second kappa shape index (κ2) is 7.23. The molecule has 2 aromatic rings. The molecule has 0 saturated carbocycles. The number of carbonyl (C=O) groups excluding carboxylic acids is 1. The largest absolute Gasteiger partial charge is 0.332 e. The fraction of sp³-hybridized carbons (Fsp3) is 0.444. The van der Waals surface area contributed by atoms with Gasteiger partial charge < -0.3 is 4.90 Å². The molecule has 1 atom stereocenters. The third-order valence-corrected chi connectivity index (χ3v) is 7.04. The summed E-state index contributed by atoms with van der Waals surface area (Å²) in [5.41, 5.74) is 0.402. The minimum atomic E-state index is -3.58. The van der Waals surface area contributed by atoms with E-state index in [4.69, 9.17) is 0 Å². The number of halogens is 3. The first-order valence-electron chi connectivity index (χ1n) is 8.73. The number of carbonyl (C=O) groups is 1. The van der Waals surface area contributed by atoms with Crippen molar-refractivity contribution in [2.24, 2.45) is 0 Å². The third-order valence-electron chi connectivity index (χ3n) is 4.85. The molecule has 0 unspecified atom stereocenters.